The summed E-state index contributed by atoms with van der Waals surface area (Å²) in [5, 5.41) is 4.19. The maximum atomic E-state index is 12.3. The van der Waals surface area contributed by atoms with Gasteiger partial charge in [-0.05, 0) is 36.1 Å². The molecule has 148 valence electrons. The standard InChI is InChI=1S/C16H17ClF2N2O4S2/c1-21(27(23,24)15-5-3-9-26-15)8-2-4-14(22)20-11-6-7-13(12(17)10-11)25-16(18)19/h3,5-7,9-10,16H,2,4,8H2,1H3,(H,20,22). The number of benzene rings is 1. The highest BCUT2D eigenvalue weighted by Gasteiger charge is 2.21. The van der Waals surface area contributed by atoms with E-state index in [1.807, 2.05) is 0 Å². The van der Waals surface area contributed by atoms with E-state index in [1.165, 1.54) is 35.6 Å². The molecule has 27 heavy (non-hydrogen) atoms. The van der Waals surface area contributed by atoms with E-state index in [0.717, 1.165) is 11.3 Å². The molecule has 6 nitrogen and oxygen atoms in total. The zero-order valence-electron chi connectivity index (χ0n) is 14.2. The van der Waals surface area contributed by atoms with Crippen LogP contribution in [0.2, 0.25) is 5.02 Å². The van der Waals surface area contributed by atoms with Crippen molar-refractivity contribution in [1.29, 1.82) is 0 Å². The maximum Gasteiger partial charge on any atom is 0.387 e. The first kappa shape index (κ1) is 21.5. The minimum atomic E-state index is -3.55. The van der Waals surface area contributed by atoms with Crippen LogP contribution in [-0.4, -0.2) is 38.8 Å². The molecule has 0 saturated carbocycles. The maximum absolute atomic E-state index is 12.3. The van der Waals surface area contributed by atoms with Gasteiger partial charge in [-0.2, -0.15) is 8.78 Å². The fourth-order valence-corrected chi connectivity index (χ4v) is 4.78. The minimum absolute atomic E-state index is 0.0603. The van der Waals surface area contributed by atoms with E-state index in [2.05, 4.69) is 10.1 Å². The van der Waals surface area contributed by atoms with Gasteiger partial charge in [-0.25, -0.2) is 12.7 Å². The van der Waals surface area contributed by atoms with E-state index in [9.17, 15) is 22.0 Å². The third kappa shape index (κ3) is 6.13. The molecular formula is C16H17ClF2N2O4S2. The van der Waals surface area contributed by atoms with E-state index >= 15 is 0 Å². The van der Waals surface area contributed by atoms with Crippen molar-refractivity contribution in [3.63, 3.8) is 0 Å². The number of carbonyl (C=O) groups excluding carboxylic acids is 1. The topological polar surface area (TPSA) is 75.7 Å². The molecule has 0 bridgehead atoms. The van der Waals surface area contributed by atoms with Crippen LogP contribution >= 0.6 is 22.9 Å². The lowest BCUT2D eigenvalue weighted by molar-refractivity contribution is -0.116. The predicted molar refractivity (Wildman–Crippen MR) is 100 cm³/mol. The van der Waals surface area contributed by atoms with Gasteiger partial charge in [0.2, 0.25) is 5.91 Å². The van der Waals surface area contributed by atoms with Gasteiger partial charge in [0.05, 0.1) is 5.02 Å². The molecule has 2 rings (SSSR count). The van der Waals surface area contributed by atoms with Gasteiger partial charge in [-0.3, -0.25) is 4.79 Å². The molecule has 0 saturated heterocycles. The van der Waals surface area contributed by atoms with Crippen LogP contribution in [0.15, 0.2) is 39.9 Å². The van der Waals surface area contributed by atoms with Crippen molar-refractivity contribution < 1.29 is 26.7 Å². The van der Waals surface area contributed by atoms with Crippen molar-refractivity contribution >= 4 is 44.6 Å². The third-order valence-corrected chi connectivity index (χ3v) is 6.99. The summed E-state index contributed by atoms with van der Waals surface area (Å²) in [6, 6.07) is 7.08. The van der Waals surface area contributed by atoms with Gasteiger partial charge >= 0.3 is 6.61 Å². The number of anilines is 1. The average molecular weight is 439 g/mol. The Morgan fingerprint density at radius 1 is 1.37 bits per heavy atom. The predicted octanol–water partition coefficient (Wildman–Crippen LogP) is 4.04. The smallest absolute Gasteiger partial charge is 0.387 e. The van der Waals surface area contributed by atoms with Crippen molar-refractivity contribution in [2.45, 2.75) is 23.7 Å². The molecule has 11 heteroatoms. The lowest BCUT2D eigenvalue weighted by Gasteiger charge is -2.15. The third-order valence-electron chi connectivity index (χ3n) is 3.47. The highest BCUT2D eigenvalue weighted by molar-refractivity contribution is 7.91. The second kappa shape index (κ2) is 9.45. The van der Waals surface area contributed by atoms with Crippen LogP contribution < -0.4 is 10.1 Å². The van der Waals surface area contributed by atoms with Crippen molar-refractivity contribution in [2.24, 2.45) is 0 Å². The second-order valence-electron chi connectivity index (χ2n) is 5.43. The molecule has 1 heterocycles. The van der Waals surface area contributed by atoms with Crippen molar-refractivity contribution in [2.75, 3.05) is 18.9 Å². The van der Waals surface area contributed by atoms with Crippen LogP contribution in [0, 0.1) is 0 Å². The van der Waals surface area contributed by atoms with Gasteiger partial charge in [-0.15, -0.1) is 11.3 Å². The Balaban J connectivity index is 1.83. The zero-order chi connectivity index (χ0) is 20.0. The van der Waals surface area contributed by atoms with Crippen LogP contribution in [0.4, 0.5) is 14.5 Å². The first-order valence-corrected chi connectivity index (χ1v) is 10.4. The van der Waals surface area contributed by atoms with Crippen molar-refractivity contribution in [1.82, 2.24) is 4.31 Å². The van der Waals surface area contributed by atoms with E-state index in [1.54, 1.807) is 11.4 Å². The van der Waals surface area contributed by atoms with E-state index in [0.29, 0.717) is 12.1 Å². The number of hydrogen-bond acceptors (Lipinski definition) is 5. The molecular weight excluding hydrogens is 422 g/mol. The Morgan fingerprint density at radius 3 is 2.70 bits per heavy atom. The number of alkyl halides is 2. The molecule has 0 atom stereocenters. The van der Waals surface area contributed by atoms with Crippen molar-refractivity contribution in [3.05, 3.63) is 40.7 Å². The fraction of sp³-hybridized carbons (Fsp3) is 0.312. The molecule has 0 aliphatic rings. The van der Waals surface area contributed by atoms with Crippen LogP contribution in [0.25, 0.3) is 0 Å². The Morgan fingerprint density at radius 2 is 2.11 bits per heavy atom. The normalized spacial score (nSPS) is 11.8. The number of amides is 1. The highest BCUT2D eigenvalue weighted by atomic mass is 35.5. The number of nitrogens with zero attached hydrogens (tertiary/aromatic N) is 1. The molecule has 1 amide bonds. The second-order valence-corrected chi connectivity index (χ2v) is 9.06. The number of thiophene rings is 1. The number of carbonyl (C=O) groups is 1. The summed E-state index contributed by atoms with van der Waals surface area (Å²) in [5.41, 5.74) is 0.325. The Kier molecular flexibility index (Phi) is 7.54. The lowest BCUT2D eigenvalue weighted by atomic mass is 10.2. The molecule has 0 unspecified atom stereocenters. The number of ether oxygens (including phenoxy) is 1. The fourth-order valence-electron chi connectivity index (χ4n) is 2.14. The molecule has 0 aliphatic carbocycles. The minimum Gasteiger partial charge on any atom is -0.433 e. The molecule has 1 aromatic carbocycles. The van der Waals surface area contributed by atoms with E-state index in [-0.39, 0.29) is 33.9 Å². The van der Waals surface area contributed by atoms with Crippen LogP contribution in [0.3, 0.4) is 0 Å². The Labute approximate surface area is 164 Å². The highest BCUT2D eigenvalue weighted by Crippen LogP contribution is 2.29. The summed E-state index contributed by atoms with van der Waals surface area (Å²) < 4.78 is 54.6. The lowest BCUT2D eigenvalue weighted by Crippen LogP contribution is -2.28. The van der Waals surface area contributed by atoms with Crippen molar-refractivity contribution in [3.8, 4) is 5.75 Å². The summed E-state index contributed by atoms with van der Waals surface area (Å²) in [5.74, 6) is -0.541. The Bertz CT molecular complexity index is 877. The Hall–Kier alpha value is -1.75. The van der Waals surface area contributed by atoms with Gasteiger partial charge in [0.1, 0.15) is 9.96 Å². The molecule has 1 aromatic heterocycles. The molecule has 0 fully saturated rings. The zero-order valence-corrected chi connectivity index (χ0v) is 16.6. The summed E-state index contributed by atoms with van der Waals surface area (Å²) in [6.07, 6.45) is 0.393. The molecule has 1 N–H and O–H groups in total. The molecule has 0 radical (unpaired) electrons. The largest absolute Gasteiger partial charge is 0.433 e. The van der Waals surface area contributed by atoms with Gasteiger partial charge in [0, 0.05) is 25.7 Å². The van der Waals surface area contributed by atoms with Gasteiger partial charge in [0.25, 0.3) is 10.0 Å². The van der Waals surface area contributed by atoms with E-state index < -0.39 is 16.6 Å². The van der Waals surface area contributed by atoms with Gasteiger partial charge in [-0.1, -0.05) is 17.7 Å². The monoisotopic (exact) mass is 438 g/mol. The summed E-state index contributed by atoms with van der Waals surface area (Å²) in [6.45, 7) is -2.82. The molecule has 0 spiro atoms. The van der Waals surface area contributed by atoms with Crippen LogP contribution in [0.5, 0.6) is 5.75 Å². The molecule has 2 aromatic rings. The number of halogens is 3. The molecule has 0 aliphatic heterocycles. The summed E-state index contributed by atoms with van der Waals surface area (Å²) in [4.78, 5) is 12.0. The number of sulfonamides is 1. The first-order valence-electron chi connectivity index (χ1n) is 7.74. The van der Waals surface area contributed by atoms with Gasteiger partial charge in [0.15, 0.2) is 0 Å². The quantitative estimate of drug-likeness (QED) is 0.641. The SMILES string of the molecule is CN(CCCC(=O)Nc1ccc(OC(F)F)c(Cl)c1)S(=O)(=O)c1cccs1. The van der Waals surface area contributed by atoms with Gasteiger partial charge < -0.3 is 10.1 Å². The summed E-state index contributed by atoms with van der Waals surface area (Å²) >= 11 is 6.95. The number of rotatable bonds is 9. The number of nitrogens with one attached hydrogen (secondary N) is 1. The van der Waals surface area contributed by atoms with E-state index in [4.69, 9.17) is 11.6 Å². The number of hydrogen-bond donors (Lipinski definition) is 1. The van der Waals surface area contributed by atoms with Crippen LogP contribution in [0.1, 0.15) is 12.8 Å². The first-order chi connectivity index (χ1) is 12.7. The van der Waals surface area contributed by atoms with Crippen LogP contribution in [-0.2, 0) is 14.8 Å². The summed E-state index contributed by atoms with van der Waals surface area (Å²) in [7, 11) is -2.09. The average Bonchev–Trinajstić information content (AvgIpc) is 3.12.